The summed E-state index contributed by atoms with van der Waals surface area (Å²) in [6.45, 7) is 15.1. The minimum Gasteiger partial charge on any atom is -0.370 e. The molecule has 0 aliphatic rings. The lowest BCUT2D eigenvalue weighted by atomic mass is 9.88. The predicted molar refractivity (Wildman–Crippen MR) is 79.3 cm³/mol. The van der Waals surface area contributed by atoms with Crippen molar-refractivity contribution in [3.05, 3.63) is 11.7 Å². The van der Waals surface area contributed by atoms with Crippen LogP contribution in [0.15, 0.2) is 4.52 Å². The zero-order valence-electron chi connectivity index (χ0n) is 13.8. The van der Waals surface area contributed by atoms with Gasteiger partial charge in [0.25, 0.3) is 0 Å². The van der Waals surface area contributed by atoms with Gasteiger partial charge in [0.05, 0.1) is 5.92 Å². The molecule has 3 atom stereocenters. The van der Waals surface area contributed by atoms with E-state index in [1.54, 1.807) is 0 Å². The van der Waals surface area contributed by atoms with Crippen molar-refractivity contribution in [1.82, 2.24) is 10.1 Å². The molecule has 0 amide bonds. The van der Waals surface area contributed by atoms with Crippen LogP contribution in [0.3, 0.4) is 0 Å². The SMILES string of the molecule is CCOC(c1noc(C(C(C)C)C(C)N)n1)C(C)(C)C. The largest absolute Gasteiger partial charge is 0.370 e. The van der Waals surface area contributed by atoms with Gasteiger partial charge in [-0.1, -0.05) is 39.8 Å². The van der Waals surface area contributed by atoms with Crippen LogP contribution in [-0.2, 0) is 4.74 Å². The van der Waals surface area contributed by atoms with Crippen molar-refractivity contribution in [2.24, 2.45) is 17.1 Å². The van der Waals surface area contributed by atoms with Gasteiger partial charge in [-0.2, -0.15) is 4.98 Å². The maximum absolute atomic E-state index is 6.04. The molecule has 5 heteroatoms. The highest BCUT2D eigenvalue weighted by Crippen LogP contribution is 2.35. The molecule has 0 aromatic carbocycles. The highest BCUT2D eigenvalue weighted by Gasteiger charge is 2.33. The van der Waals surface area contributed by atoms with Crippen LogP contribution in [0.25, 0.3) is 0 Å². The van der Waals surface area contributed by atoms with Gasteiger partial charge in [-0.25, -0.2) is 0 Å². The monoisotopic (exact) mass is 283 g/mol. The van der Waals surface area contributed by atoms with E-state index >= 15 is 0 Å². The average Bonchev–Trinajstić information content (AvgIpc) is 2.71. The number of hydrogen-bond donors (Lipinski definition) is 1. The molecular formula is C15H29N3O2. The predicted octanol–water partition coefficient (Wildman–Crippen LogP) is 3.28. The highest BCUT2D eigenvalue weighted by atomic mass is 16.5. The lowest BCUT2D eigenvalue weighted by Gasteiger charge is -2.27. The van der Waals surface area contributed by atoms with Crippen LogP contribution >= 0.6 is 0 Å². The summed E-state index contributed by atoms with van der Waals surface area (Å²) in [6.07, 6.45) is -0.175. The van der Waals surface area contributed by atoms with Crippen LogP contribution in [0.4, 0.5) is 0 Å². The molecule has 1 rings (SSSR count). The molecule has 0 aliphatic heterocycles. The van der Waals surface area contributed by atoms with Gasteiger partial charge in [-0.15, -0.1) is 0 Å². The number of ether oxygens (including phenoxy) is 1. The number of rotatable bonds is 6. The van der Waals surface area contributed by atoms with E-state index < -0.39 is 0 Å². The Kier molecular flexibility index (Phi) is 5.71. The molecule has 0 bridgehead atoms. The second-order valence-electron chi connectivity index (χ2n) is 6.82. The first kappa shape index (κ1) is 17.1. The normalized spacial score (nSPS) is 17.2. The molecule has 1 heterocycles. The number of nitrogens with zero attached hydrogens (tertiary/aromatic N) is 2. The molecule has 0 saturated carbocycles. The summed E-state index contributed by atoms with van der Waals surface area (Å²) in [6, 6.07) is -0.0246. The van der Waals surface area contributed by atoms with E-state index in [1.807, 2.05) is 13.8 Å². The Hall–Kier alpha value is -0.940. The van der Waals surface area contributed by atoms with Crippen molar-refractivity contribution in [1.29, 1.82) is 0 Å². The maximum Gasteiger partial charge on any atom is 0.231 e. The van der Waals surface area contributed by atoms with Crippen molar-refractivity contribution in [2.45, 2.75) is 66.5 Å². The Morgan fingerprint density at radius 2 is 1.85 bits per heavy atom. The molecule has 5 nitrogen and oxygen atoms in total. The van der Waals surface area contributed by atoms with E-state index in [1.165, 1.54) is 0 Å². The average molecular weight is 283 g/mol. The molecule has 2 N–H and O–H groups in total. The Bertz CT molecular complexity index is 399. The quantitative estimate of drug-likeness (QED) is 0.867. The first-order valence-electron chi connectivity index (χ1n) is 7.39. The number of aromatic nitrogens is 2. The van der Waals surface area contributed by atoms with Crippen molar-refractivity contribution in [3.63, 3.8) is 0 Å². The lowest BCUT2D eigenvalue weighted by Crippen LogP contribution is -2.29. The first-order valence-corrected chi connectivity index (χ1v) is 7.39. The van der Waals surface area contributed by atoms with Gasteiger partial charge >= 0.3 is 0 Å². The van der Waals surface area contributed by atoms with E-state index in [-0.39, 0.29) is 23.5 Å². The van der Waals surface area contributed by atoms with Gasteiger partial charge in [0.1, 0.15) is 6.10 Å². The van der Waals surface area contributed by atoms with Gasteiger partial charge in [0.15, 0.2) is 0 Å². The Labute approximate surface area is 122 Å². The Balaban J connectivity index is 3.05. The van der Waals surface area contributed by atoms with Crippen LogP contribution < -0.4 is 5.73 Å². The molecule has 20 heavy (non-hydrogen) atoms. The molecule has 0 fully saturated rings. The molecule has 0 aliphatic carbocycles. The summed E-state index contributed by atoms with van der Waals surface area (Å²) in [7, 11) is 0. The molecule has 1 aromatic heterocycles. The van der Waals surface area contributed by atoms with Crippen molar-refractivity contribution >= 4 is 0 Å². The van der Waals surface area contributed by atoms with Crippen molar-refractivity contribution < 1.29 is 9.26 Å². The molecule has 1 aromatic rings. The summed E-state index contributed by atoms with van der Waals surface area (Å²) >= 11 is 0. The van der Waals surface area contributed by atoms with Crippen LogP contribution in [0, 0.1) is 11.3 Å². The molecular weight excluding hydrogens is 254 g/mol. The molecule has 3 unspecified atom stereocenters. The van der Waals surface area contributed by atoms with Crippen LogP contribution in [0.1, 0.15) is 72.2 Å². The topological polar surface area (TPSA) is 74.2 Å². The standard InChI is InChI=1S/C15H29N3O2/c1-8-19-12(15(5,6)7)13-17-14(20-18-13)11(9(2)3)10(4)16/h9-12H,8,16H2,1-7H3. The third-order valence-electron chi connectivity index (χ3n) is 3.38. The molecule has 0 spiro atoms. The third kappa shape index (κ3) is 4.03. The minimum absolute atomic E-state index is 0.0246. The van der Waals surface area contributed by atoms with Gasteiger partial charge < -0.3 is 15.0 Å². The fourth-order valence-electron chi connectivity index (χ4n) is 2.48. The second kappa shape index (κ2) is 6.68. The van der Waals surface area contributed by atoms with Gasteiger partial charge in [-0.3, -0.25) is 0 Å². The fraction of sp³-hybridized carbons (Fsp3) is 0.867. The van der Waals surface area contributed by atoms with Crippen LogP contribution in [0.2, 0.25) is 0 Å². The number of hydrogen-bond acceptors (Lipinski definition) is 5. The minimum atomic E-state index is -0.175. The van der Waals surface area contributed by atoms with Gasteiger partial charge in [-0.05, 0) is 25.2 Å². The summed E-state index contributed by atoms with van der Waals surface area (Å²) in [4.78, 5) is 4.56. The summed E-state index contributed by atoms with van der Waals surface area (Å²) in [5.74, 6) is 1.64. The Morgan fingerprint density at radius 3 is 2.25 bits per heavy atom. The van der Waals surface area contributed by atoms with Crippen LogP contribution in [0.5, 0.6) is 0 Å². The zero-order valence-corrected chi connectivity index (χ0v) is 13.8. The highest BCUT2D eigenvalue weighted by molar-refractivity contribution is 5.03. The van der Waals surface area contributed by atoms with E-state index in [2.05, 4.69) is 44.8 Å². The number of nitrogens with two attached hydrogens (primary N) is 1. The molecule has 0 radical (unpaired) electrons. The summed E-state index contributed by atoms with van der Waals surface area (Å²) in [5.41, 5.74) is 5.96. The summed E-state index contributed by atoms with van der Waals surface area (Å²) < 4.78 is 11.2. The lowest BCUT2D eigenvalue weighted by molar-refractivity contribution is -0.0203. The fourth-order valence-corrected chi connectivity index (χ4v) is 2.48. The smallest absolute Gasteiger partial charge is 0.231 e. The maximum atomic E-state index is 6.04. The van der Waals surface area contributed by atoms with E-state index in [0.717, 1.165) is 0 Å². The molecule has 116 valence electrons. The van der Waals surface area contributed by atoms with Crippen LogP contribution in [-0.4, -0.2) is 22.8 Å². The Morgan fingerprint density at radius 1 is 1.25 bits per heavy atom. The van der Waals surface area contributed by atoms with Gasteiger partial charge in [0, 0.05) is 12.6 Å². The van der Waals surface area contributed by atoms with Crippen molar-refractivity contribution in [3.8, 4) is 0 Å². The second-order valence-corrected chi connectivity index (χ2v) is 6.82. The summed E-state index contributed by atoms with van der Waals surface area (Å²) in [5, 5.41) is 4.12. The van der Waals surface area contributed by atoms with E-state index in [0.29, 0.717) is 24.2 Å². The van der Waals surface area contributed by atoms with E-state index in [4.69, 9.17) is 15.0 Å². The first-order chi connectivity index (χ1) is 9.18. The van der Waals surface area contributed by atoms with E-state index in [9.17, 15) is 0 Å². The third-order valence-corrected chi connectivity index (χ3v) is 3.38. The van der Waals surface area contributed by atoms with Crippen molar-refractivity contribution in [2.75, 3.05) is 6.61 Å². The van der Waals surface area contributed by atoms with Gasteiger partial charge in [0.2, 0.25) is 11.7 Å². The molecule has 0 saturated heterocycles. The zero-order chi connectivity index (χ0) is 15.5.